The number of rotatable bonds is 7. The second-order valence-corrected chi connectivity index (χ2v) is 5.62. The maximum absolute atomic E-state index is 11.8. The van der Waals surface area contributed by atoms with Gasteiger partial charge in [0.2, 0.25) is 5.91 Å². The zero-order valence-electron chi connectivity index (χ0n) is 10.6. The molecule has 3 nitrogen and oxygen atoms in total. The number of methoxy groups -OCH3 is 1. The van der Waals surface area contributed by atoms with Gasteiger partial charge in [0.1, 0.15) is 0 Å². The Kier molecular flexibility index (Phi) is 7.16. The van der Waals surface area contributed by atoms with Crippen molar-refractivity contribution in [2.45, 2.75) is 23.5 Å². The van der Waals surface area contributed by atoms with Gasteiger partial charge in [0, 0.05) is 25.2 Å². The monoisotopic (exact) mass is 287 g/mol. The number of amides is 1. The van der Waals surface area contributed by atoms with Gasteiger partial charge in [-0.25, -0.2) is 0 Å². The van der Waals surface area contributed by atoms with Gasteiger partial charge < -0.3 is 10.1 Å². The summed E-state index contributed by atoms with van der Waals surface area (Å²) in [6.07, 6.45) is 0.825. The summed E-state index contributed by atoms with van der Waals surface area (Å²) in [4.78, 5) is 12.7. The van der Waals surface area contributed by atoms with Crippen molar-refractivity contribution in [3.63, 3.8) is 0 Å². The first kappa shape index (κ1) is 15.3. The fraction of sp³-hybridized carbons (Fsp3) is 0.462. The van der Waals surface area contributed by atoms with Crippen molar-refractivity contribution >= 4 is 29.3 Å². The van der Waals surface area contributed by atoms with Gasteiger partial charge in [-0.2, -0.15) is 0 Å². The maximum Gasteiger partial charge on any atom is 0.233 e. The summed E-state index contributed by atoms with van der Waals surface area (Å²) in [5, 5.41) is 3.40. The Morgan fingerprint density at radius 3 is 2.89 bits per heavy atom. The fourth-order valence-corrected chi connectivity index (χ4v) is 2.53. The molecule has 0 spiro atoms. The van der Waals surface area contributed by atoms with Crippen LogP contribution in [-0.4, -0.2) is 31.4 Å². The quantitative estimate of drug-likeness (QED) is 0.619. The van der Waals surface area contributed by atoms with Gasteiger partial charge in [-0.05, 0) is 25.5 Å². The molecule has 1 rings (SSSR count). The Balaban J connectivity index is 2.38. The third kappa shape index (κ3) is 5.29. The van der Waals surface area contributed by atoms with Gasteiger partial charge in [-0.15, -0.1) is 11.8 Å². The van der Waals surface area contributed by atoms with Crippen LogP contribution < -0.4 is 5.32 Å². The lowest BCUT2D eigenvalue weighted by Gasteiger charge is -2.12. The van der Waals surface area contributed by atoms with E-state index in [0.717, 1.165) is 11.3 Å². The van der Waals surface area contributed by atoms with Gasteiger partial charge in [-0.3, -0.25) is 4.79 Å². The molecule has 1 unspecified atom stereocenters. The average molecular weight is 288 g/mol. The molecule has 1 amide bonds. The first-order valence-electron chi connectivity index (χ1n) is 5.83. The highest BCUT2D eigenvalue weighted by molar-refractivity contribution is 8.00. The minimum absolute atomic E-state index is 0.0241. The normalized spacial score (nSPS) is 12.2. The third-order valence-electron chi connectivity index (χ3n) is 2.33. The summed E-state index contributed by atoms with van der Waals surface area (Å²) in [6, 6.07) is 7.54. The molecule has 0 fully saturated rings. The summed E-state index contributed by atoms with van der Waals surface area (Å²) >= 11 is 7.52. The van der Waals surface area contributed by atoms with E-state index in [9.17, 15) is 4.79 Å². The lowest BCUT2D eigenvalue weighted by atomic mass is 10.4. The van der Waals surface area contributed by atoms with Crippen LogP contribution in [0.5, 0.6) is 0 Å². The van der Waals surface area contributed by atoms with E-state index in [2.05, 4.69) is 5.32 Å². The smallest absolute Gasteiger partial charge is 0.233 e. The van der Waals surface area contributed by atoms with Gasteiger partial charge in [0.15, 0.2) is 0 Å². The molecular weight excluding hydrogens is 270 g/mol. The van der Waals surface area contributed by atoms with E-state index in [4.69, 9.17) is 16.3 Å². The minimum Gasteiger partial charge on any atom is -0.385 e. The molecule has 100 valence electrons. The Hall–Kier alpha value is -0.710. The predicted octanol–water partition coefficient (Wildman–Crippen LogP) is 2.97. The molecule has 0 aliphatic carbocycles. The first-order valence-corrected chi connectivity index (χ1v) is 7.08. The van der Waals surface area contributed by atoms with Crippen molar-refractivity contribution in [2.24, 2.45) is 0 Å². The molecule has 0 aliphatic heterocycles. The molecule has 0 saturated heterocycles. The zero-order chi connectivity index (χ0) is 13.4. The second kappa shape index (κ2) is 8.40. The molecule has 0 saturated carbocycles. The summed E-state index contributed by atoms with van der Waals surface area (Å²) in [5.41, 5.74) is 0. The van der Waals surface area contributed by atoms with Crippen LogP contribution in [0.3, 0.4) is 0 Å². The van der Waals surface area contributed by atoms with E-state index in [1.807, 2.05) is 31.2 Å². The lowest BCUT2D eigenvalue weighted by molar-refractivity contribution is -0.120. The summed E-state index contributed by atoms with van der Waals surface area (Å²) in [7, 11) is 1.65. The molecule has 1 aromatic carbocycles. The highest BCUT2D eigenvalue weighted by atomic mass is 35.5. The number of thioether (sulfide) groups is 1. The van der Waals surface area contributed by atoms with Crippen molar-refractivity contribution in [3.8, 4) is 0 Å². The number of halogens is 1. The molecular formula is C13H18ClNO2S. The standard InChI is InChI=1S/C13H18ClNO2S/c1-10(13(16)15-8-5-9-17-2)18-12-7-4-3-6-11(12)14/h3-4,6-7,10H,5,8-9H2,1-2H3,(H,15,16). The van der Waals surface area contributed by atoms with Crippen LogP contribution in [0.25, 0.3) is 0 Å². The van der Waals surface area contributed by atoms with Crippen LogP contribution in [0, 0.1) is 0 Å². The van der Waals surface area contributed by atoms with E-state index < -0.39 is 0 Å². The Morgan fingerprint density at radius 2 is 2.22 bits per heavy atom. The lowest BCUT2D eigenvalue weighted by Crippen LogP contribution is -2.32. The van der Waals surface area contributed by atoms with Crippen molar-refractivity contribution in [1.82, 2.24) is 5.32 Å². The van der Waals surface area contributed by atoms with Crippen molar-refractivity contribution < 1.29 is 9.53 Å². The number of hydrogen-bond acceptors (Lipinski definition) is 3. The van der Waals surface area contributed by atoms with E-state index in [1.54, 1.807) is 7.11 Å². The number of carbonyl (C=O) groups excluding carboxylic acids is 1. The van der Waals surface area contributed by atoms with Crippen LogP contribution >= 0.6 is 23.4 Å². The third-order valence-corrected chi connectivity index (χ3v) is 3.95. The molecule has 0 radical (unpaired) electrons. The van der Waals surface area contributed by atoms with Gasteiger partial charge >= 0.3 is 0 Å². The Morgan fingerprint density at radius 1 is 1.50 bits per heavy atom. The van der Waals surface area contributed by atoms with E-state index in [1.165, 1.54) is 11.8 Å². The van der Waals surface area contributed by atoms with Gasteiger partial charge in [0.25, 0.3) is 0 Å². The van der Waals surface area contributed by atoms with Crippen LogP contribution in [0.15, 0.2) is 29.2 Å². The highest BCUT2D eigenvalue weighted by Crippen LogP contribution is 2.29. The molecule has 1 aromatic rings. The topological polar surface area (TPSA) is 38.3 Å². The summed E-state index contributed by atoms with van der Waals surface area (Å²) in [6.45, 7) is 3.17. The second-order valence-electron chi connectivity index (χ2n) is 3.83. The van der Waals surface area contributed by atoms with Gasteiger partial charge in [-0.1, -0.05) is 23.7 Å². The predicted molar refractivity (Wildman–Crippen MR) is 76.3 cm³/mol. The molecule has 0 heterocycles. The van der Waals surface area contributed by atoms with Crippen molar-refractivity contribution in [3.05, 3.63) is 29.3 Å². The molecule has 18 heavy (non-hydrogen) atoms. The van der Waals surface area contributed by atoms with Crippen molar-refractivity contribution in [1.29, 1.82) is 0 Å². The number of ether oxygens (including phenoxy) is 1. The van der Waals surface area contributed by atoms with Crippen LogP contribution in [0.1, 0.15) is 13.3 Å². The van der Waals surface area contributed by atoms with E-state index in [-0.39, 0.29) is 11.2 Å². The number of carbonyl (C=O) groups is 1. The summed E-state index contributed by atoms with van der Waals surface area (Å²) < 4.78 is 4.92. The number of benzene rings is 1. The number of hydrogen-bond donors (Lipinski definition) is 1. The maximum atomic E-state index is 11.8. The van der Waals surface area contributed by atoms with Crippen LogP contribution in [0.2, 0.25) is 5.02 Å². The molecule has 1 N–H and O–H groups in total. The largest absolute Gasteiger partial charge is 0.385 e. The van der Waals surface area contributed by atoms with Gasteiger partial charge in [0.05, 0.1) is 10.3 Å². The van der Waals surface area contributed by atoms with E-state index in [0.29, 0.717) is 18.2 Å². The average Bonchev–Trinajstić information content (AvgIpc) is 2.37. The van der Waals surface area contributed by atoms with Crippen LogP contribution in [-0.2, 0) is 9.53 Å². The molecule has 0 bridgehead atoms. The minimum atomic E-state index is -0.160. The Bertz CT molecular complexity index is 387. The molecule has 0 aliphatic rings. The van der Waals surface area contributed by atoms with E-state index >= 15 is 0 Å². The fourth-order valence-electron chi connectivity index (χ4n) is 1.36. The Labute approximate surface area is 117 Å². The SMILES string of the molecule is COCCCNC(=O)C(C)Sc1ccccc1Cl. The van der Waals surface area contributed by atoms with Crippen molar-refractivity contribution in [2.75, 3.05) is 20.3 Å². The highest BCUT2D eigenvalue weighted by Gasteiger charge is 2.14. The first-order chi connectivity index (χ1) is 8.65. The van der Waals surface area contributed by atoms with Crippen LogP contribution in [0.4, 0.5) is 0 Å². The molecule has 1 atom stereocenters. The zero-order valence-corrected chi connectivity index (χ0v) is 12.2. The molecule has 0 aromatic heterocycles. The molecule has 5 heteroatoms. The summed E-state index contributed by atoms with van der Waals surface area (Å²) in [5.74, 6) is 0.0241. The number of nitrogens with one attached hydrogen (secondary N) is 1.